The molecule has 1 aromatic carbocycles. The molecule has 2 aliphatic rings. The van der Waals surface area contributed by atoms with E-state index in [1.165, 1.54) is 28.3 Å². The van der Waals surface area contributed by atoms with Crippen molar-refractivity contribution in [2.75, 3.05) is 20.1 Å². The van der Waals surface area contributed by atoms with Crippen molar-refractivity contribution in [1.29, 1.82) is 0 Å². The standard InChI is InChI=1S/C21H23N3O2/c1-23-11-8-16(9-12-23)20-18-5-3-2-4-15(18)10-13-24-17(6-7-19(25)26)14-22-21(20)24/h2-7,14H,8-13H2,1H3,(H,25,26)/b7-6+. The predicted molar refractivity (Wildman–Crippen MR) is 102 cm³/mol. The van der Waals surface area contributed by atoms with Crippen molar-refractivity contribution in [1.82, 2.24) is 14.5 Å². The quantitative estimate of drug-likeness (QED) is 0.847. The van der Waals surface area contributed by atoms with E-state index in [9.17, 15) is 4.79 Å². The van der Waals surface area contributed by atoms with Gasteiger partial charge in [-0.3, -0.25) is 0 Å². The van der Waals surface area contributed by atoms with Gasteiger partial charge in [0.15, 0.2) is 0 Å². The summed E-state index contributed by atoms with van der Waals surface area (Å²) in [6.45, 7) is 2.93. The van der Waals surface area contributed by atoms with Crippen LogP contribution in [0.5, 0.6) is 0 Å². The van der Waals surface area contributed by atoms with Gasteiger partial charge >= 0.3 is 5.97 Å². The molecule has 0 radical (unpaired) electrons. The zero-order valence-electron chi connectivity index (χ0n) is 15.0. The molecule has 2 aromatic rings. The number of benzene rings is 1. The lowest BCUT2D eigenvalue weighted by molar-refractivity contribution is -0.131. The highest BCUT2D eigenvalue weighted by Gasteiger charge is 2.25. The molecule has 1 fully saturated rings. The van der Waals surface area contributed by atoms with Crippen molar-refractivity contribution in [3.63, 3.8) is 0 Å². The SMILES string of the molecule is CN1CCC(=C2c3ccccc3CCn3c(/C=C/C(=O)O)cnc32)CC1. The topological polar surface area (TPSA) is 58.4 Å². The summed E-state index contributed by atoms with van der Waals surface area (Å²) in [7, 11) is 2.16. The second-order valence-corrected chi connectivity index (χ2v) is 7.02. The van der Waals surface area contributed by atoms with Crippen LogP contribution in [-0.4, -0.2) is 45.7 Å². The second-order valence-electron chi connectivity index (χ2n) is 7.02. The van der Waals surface area contributed by atoms with Gasteiger partial charge in [-0.1, -0.05) is 29.8 Å². The summed E-state index contributed by atoms with van der Waals surface area (Å²) in [6.07, 6.45) is 7.64. The van der Waals surface area contributed by atoms with Crippen molar-refractivity contribution in [2.24, 2.45) is 0 Å². The number of aryl methyl sites for hydroxylation is 1. The van der Waals surface area contributed by atoms with Crippen LogP contribution >= 0.6 is 0 Å². The molecule has 4 rings (SSSR count). The van der Waals surface area contributed by atoms with Crippen LogP contribution in [0.25, 0.3) is 11.6 Å². The van der Waals surface area contributed by atoms with E-state index in [2.05, 4.69) is 40.8 Å². The molecule has 0 saturated carbocycles. The number of aliphatic carboxylic acids is 1. The van der Waals surface area contributed by atoms with Gasteiger partial charge in [0.25, 0.3) is 0 Å². The van der Waals surface area contributed by atoms with E-state index in [1.807, 2.05) is 0 Å². The molecule has 0 aliphatic carbocycles. The summed E-state index contributed by atoms with van der Waals surface area (Å²) in [5, 5.41) is 8.96. The molecule has 0 bridgehead atoms. The molecular weight excluding hydrogens is 326 g/mol. The predicted octanol–water partition coefficient (Wildman–Crippen LogP) is 3.06. The number of hydrogen-bond donors (Lipinski definition) is 1. The number of carbonyl (C=O) groups is 1. The largest absolute Gasteiger partial charge is 0.478 e. The van der Waals surface area contributed by atoms with E-state index in [0.717, 1.165) is 50.4 Å². The fourth-order valence-electron chi connectivity index (χ4n) is 3.94. The van der Waals surface area contributed by atoms with Crippen molar-refractivity contribution >= 4 is 17.6 Å². The summed E-state index contributed by atoms with van der Waals surface area (Å²) >= 11 is 0. The first-order chi connectivity index (χ1) is 12.6. The van der Waals surface area contributed by atoms with E-state index in [4.69, 9.17) is 10.1 Å². The number of aromatic nitrogens is 2. The van der Waals surface area contributed by atoms with E-state index >= 15 is 0 Å². The molecule has 5 heteroatoms. The highest BCUT2D eigenvalue weighted by Crippen LogP contribution is 2.36. The highest BCUT2D eigenvalue weighted by atomic mass is 16.4. The maximum Gasteiger partial charge on any atom is 0.328 e. The van der Waals surface area contributed by atoms with Crippen LogP contribution in [0.4, 0.5) is 0 Å². The number of nitrogens with zero attached hydrogens (tertiary/aromatic N) is 3. The lowest BCUT2D eigenvalue weighted by Crippen LogP contribution is -2.27. The third kappa shape index (κ3) is 3.10. The zero-order valence-corrected chi connectivity index (χ0v) is 15.0. The zero-order chi connectivity index (χ0) is 18.1. The van der Waals surface area contributed by atoms with Gasteiger partial charge in [-0.2, -0.15) is 0 Å². The Kier molecular flexibility index (Phi) is 4.47. The van der Waals surface area contributed by atoms with E-state index in [1.54, 1.807) is 12.3 Å². The molecule has 2 aliphatic heterocycles. The van der Waals surface area contributed by atoms with Crippen LogP contribution in [0.15, 0.2) is 42.1 Å². The van der Waals surface area contributed by atoms with Crippen molar-refractivity contribution in [3.05, 3.63) is 64.8 Å². The van der Waals surface area contributed by atoms with Gasteiger partial charge in [-0.15, -0.1) is 0 Å². The van der Waals surface area contributed by atoms with Crippen LogP contribution in [0.2, 0.25) is 0 Å². The number of likely N-dealkylation sites (tertiary alicyclic amines) is 1. The summed E-state index contributed by atoms with van der Waals surface area (Å²) in [5.74, 6) is 0.0332. The fourth-order valence-corrected chi connectivity index (χ4v) is 3.94. The van der Waals surface area contributed by atoms with Crippen molar-refractivity contribution < 1.29 is 9.90 Å². The smallest absolute Gasteiger partial charge is 0.328 e. The number of rotatable bonds is 2. The van der Waals surface area contributed by atoms with Crippen LogP contribution in [0.1, 0.15) is 35.5 Å². The first-order valence-corrected chi connectivity index (χ1v) is 9.09. The Morgan fingerprint density at radius 2 is 1.92 bits per heavy atom. The number of piperidine rings is 1. The average Bonchev–Trinajstić information content (AvgIpc) is 2.95. The number of carboxylic acid groups (broad SMARTS) is 1. The number of imidazole rings is 1. The molecule has 0 amide bonds. The highest BCUT2D eigenvalue weighted by molar-refractivity contribution is 5.86. The third-order valence-electron chi connectivity index (χ3n) is 5.34. The molecule has 1 N–H and O–H groups in total. The maximum absolute atomic E-state index is 10.9. The summed E-state index contributed by atoms with van der Waals surface area (Å²) in [6, 6.07) is 8.59. The lowest BCUT2D eigenvalue weighted by atomic mass is 9.90. The second kappa shape index (κ2) is 6.92. The van der Waals surface area contributed by atoms with Crippen molar-refractivity contribution in [3.8, 4) is 0 Å². The third-order valence-corrected chi connectivity index (χ3v) is 5.34. The minimum absolute atomic E-state index is 0.808. The minimum Gasteiger partial charge on any atom is -0.478 e. The summed E-state index contributed by atoms with van der Waals surface area (Å²) in [5.41, 5.74) is 6.18. The maximum atomic E-state index is 10.9. The summed E-state index contributed by atoms with van der Waals surface area (Å²) < 4.78 is 2.17. The Morgan fingerprint density at radius 1 is 1.15 bits per heavy atom. The monoisotopic (exact) mass is 349 g/mol. The number of fused-ring (bicyclic) bond motifs is 2. The molecular formula is C21H23N3O2. The van der Waals surface area contributed by atoms with Crippen LogP contribution < -0.4 is 0 Å². The van der Waals surface area contributed by atoms with Crippen LogP contribution in [-0.2, 0) is 17.8 Å². The number of hydrogen-bond acceptors (Lipinski definition) is 3. The van der Waals surface area contributed by atoms with Crippen LogP contribution in [0.3, 0.4) is 0 Å². The Labute approximate surface area is 153 Å². The van der Waals surface area contributed by atoms with Crippen molar-refractivity contribution in [2.45, 2.75) is 25.8 Å². The average molecular weight is 349 g/mol. The molecule has 26 heavy (non-hydrogen) atoms. The number of carboxylic acids is 1. The van der Waals surface area contributed by atoms with Gasteiger partial charge in [-0.05, 0) is 43.5 Å². The molecule has 0 unspecified atom stereocenters. The van der Waals surface area contributed by atoms with E-state index < -0.39 is 5.97 Å². The fraction of sp³-hybridized carbons (Fsp3) is 0.333. The molecule has 1 saturated heterocycles. The first-order valence-electron chi connectivity index (χ1n) is 9.09. The lowest BCUT2D eigenvalue weighted by Gasteiger charge is -2.26. The normalized spacial score (nSPS) is 17.9. The van der Waals surface area contributed by atoms with E-state index in [0.29, 0.717) is 0 Å². The molecule has 0 spiro atoms. The van der Waals surface area contributed by atoms with Gasteiger partial charge in [-0.25, -0.2) is 9.78 Å². The molecule has 5 nitrogen and oxygen atoms in total. The van der Waals surface area contributed by atoms with E-state index in [-0.39, 0.29) is 0 Å². The van der Waals surface area contributed by atoms with Gasteiger partial charge in [0.1, 0.15) is 5.82 Å². The Balaban J connectivity index is 1.87. The Morgan fingerprint density at radius 3 is 2.69 bits per heavy atom. The Hall–Kier alpha value is -2.66. The minimum atomic E-state index is -0.939. The van der Waals surface area contributed by atoms with Gasteiger partial charge in [0.05, 0.1) is 11.9 Å². The van der Waals surface area contributed by atoms with Crippen LogP contribution in [0, 0.1) is 0 Å². The first kappa shape index (κ1) is 16.8. The molecule has 1 aromatic heterocycles. The van der Waals surface area contributed by atoms with Gasteiger partial charge in [0.2, 0.25) is 0 Å². The molecule has 0 atom stereocenters. The molecule has 134 valence electrons. The van der Waals surface area contributed by atoms with Gasteiger partial charge < -0.3 is 14.6 Å². The Bertz CT molecular complexity index is 898. The van der Waals surface area contributed by atoms with Gasteiger partial charge in [0, 0.05) is 31.3 Å². The molecule has 3 heterocycles. The summed E-state index contributed by atoms with van der Waals surface area (Å²) in [4.78, 5) is 18.0.